The fourth-order valence-electron chi connectivity index (χ4n) is 2.66. The second kappa shape index (κ2) is 8.59. The summed E-state index contributed by atoms with van der Waals surface area (Å²) in [5, 5.41) is 3.46. The van der Waals surface area contributed by atoms with Crippen molar-refractivity contribution in [1.29, 1.82) is 0 Å². The van der Waals surface area contributed by atoms with E-state index in [0.717, 1.165) is 5.56 Å². The molecular weight excluding hydrogens is 382 g/mol. The number of benzene rings is 2. The number of carbonyl (C=O) groups excluding carboxylic acids is 2. The number of aryl methyl sites for hydroxylation is 1. The molecule has 0 saturated carbocycles. The number of halogens is 1. The van der Waals surface area contributed by atoms with E-state index >= 15 is 0 Å². The molecule has 2 aromatic rings. The molecule has 0 unspecified atom stereocenters. The molecule has 27 heavy (non-hydrogen) atoms. The molecule has 2 aromatic carbocycles. The van der Waals surface area contributed by atoms with Gasteiger partial charge >= 0.3 is 0 Å². The lowest BCUT2D eigenvalue weighted by atomic mass is 10.2. The van der Waals surface area contributed by atoms with Gasteiger partial charge in [-0.15, -0.1) is 0 Å². The Morgan fingerprint density at radius 1 is 1.30 bits per heavy atom. The second-order valence-corrected chi connectivity index (χ2v) is 7.71. The molecule has 1 aliphatic heterocycles. The van der Waals surface area contributed by atoms with E-state index in [1.807, 2.05) is 56.3 Å². The molecule has 1 saturated heterocycles. The van der Waals surface area contributed by atoms with Crippen molar-refractivity contribution in [1.82, 2.24) is 4.90 Å². The first-order chi connectivity index (χ1) is 13.0. The average molecular weight is 402 g/mol. The summed E-state index contributed by atoms with van der Waals surface area (Å²) in [5.41, 5.74) is 2.32. The maximum atomic E-state index is 12.6. The van der Waals surface area contributed by atoms with Crippen LogP contribution in [0.2, 0.25) is 5.02 Å². The standard InChI is InChI=1S/C20H20ClN3O2S/c1-3-24-18(25)12-17(19(26)22-14-7-5-4-6-8-14)27-20(24)23-15-10-9-13(2)16(21)11-15/h4-11,17H,3,12H2,1-2H3,(H,22,26)/t17-/m1/s1. The van der Waals surface area contributed by atoms with Gasteiger partial charge in [0.15, 0.2) is 5.17 Å². The molecule has 1 heterocycles. The van der Waals surface area contributed by atoms with E-state index in [1.54, 1.807) is 11.0 Å². The van der Waals surface area contributed by atoms with E-state index in [1.165, 1.54) is 11.8 Å². The van der Waals surface area contributed by atoms with Gasteiger partial charge in [-0.25, -0.2) is 4.99 Å². The van der Waals surface area contributed by atoms with E-state index < -0.39 is 5.25 Å². The van der Waals surface area contributed by atoms with Gasteiger partial charge in [0.05, 0.1) is 5.69 Å². The Labute approximate surface area is 167 Å². The maximum Gasteiger partial charge on any atom is 0.238 e. The van der Waals surface area contributed by atoms with Crippen LogP contribution in [0.3, 0.4) is 0 Å². The van der Waals surface area contributed by atoms with Crippen LogP contribution in [0, 0.1) is 6.92 Å². The van der Waals surface area contributed by atoms with Gasteiger partial charge < -0.3 is 5.32 Å². The molecule has 0 aliphatic carbocycles. The van der Waals surface area contributed by atoms with E-state index in [4.69, 9.17) is 11.6 Å². The molecular formula is C20H20ClN3O2S. The number of nitrogens with one attached hydrogen (secondary N) is 1. The van der Waals surface area contributed by atoms with Crippen molar-refractivity contribution in [2.45, 2.75) is 25.5 Å². The van der Waals surface area contributed by atoms with Crippen LogP contribution in [0.15, 0.2) is 53.5 Å². The maximum absolute atomic E-state index is 12.6. The van der Waals surface area contributed by atoms with Crippen molar-refractivity contribution < 1.29 is 9.59 Å². The zero-order chi connectivity index (χ0) is 19.4. The largest absolute Gasteiger partial charge is 0.325 e. The number of thioether (sulfide) groups is 1. The number of hydrogen-bond donors (Lipinski definition) is 1. The lowest BCUT2D eigenvalue weighted by molar-refractivity contribution is -0.129. The number of carbonyl (C=O) groups is 2. The summed E-state index contributed by atoms with van der Waals surface area (Å²) in [6.07, 6.45) is 0.144. The summed E-state index contributed by atoms with van der Waals surface area (Å²) in [5.74, 6) is -0.314. The second-order valence-electron chi connectivity index (χ2n) is 6.13. The lowest BCUT2D eigenvalue weighted by Crippen LogP contribution is -2.45. The predicted octanol–water partition coefficient (Wildman–Crippen LogP) is 4.63. The Morgan fingerprint density at radius 3 is 2.70 bits per heavy atom. The van der Waals surface area contributed by atoms with Gasteiger partial charge in [0, 0.05) is 23.7 Å². The summed E-state index contributed by atoms with van der Waals surface area (Å²) >= 11 is 7.48. The van der Waals surface area contributed by atoms with Crippen molar-refractivity contribution >= 4 is 51.7 Å². The van der Waals surface area contributed by atoms with Crippen molar-refractivity contribution in [3.05, 3.63) is 59.1 Å². The molecule has 1 fully saturated rings. The number of para-hydroxylation sites is 1. The van der Waals surface area contributed by atoms with Crippen LogP contribution >= 0.6 is 23.4 Å². The summed E-state index contributed by atoms with van der Waals surface area (Å²) in [7, 11) is 0. The average Bonchev–Trinajstić information content (AvgIpc) is 2.65. The number of amidine groups is 1. The summed E-state index contributed by atoms with van der Waals surface area (Å²) in [4.78, 5) is 31.4. The summed E-state index contributed by atoms with van der Waals surface area (Å²) in [6, 6.07) is 14.7. The molecule has 140 valence electrons. The first kappa shape index (κ1) is 19.5. The number of amides is 2. The number of hydrogen-bond acceptors (Lipinski definition) is 4. The van der Waals surface area contributed by atoms with Gasteiger partial charge in [-0.1, -0.05) is 47.6 Å². The number of aliphatic imine (C=N–C) groups is 1. The molecule has 0 radical (unpaired) electrons. The lowest BCUT2D eigenvalue weighted by Gasteiger charge is -2.30. The van der Waals surface area contributed by atoms with Crippen LogP contribution in [0.5, 0.6) is 0 Å². The first-order valence-electron chi connectivity index (χ1n) is 8.65. The number of rotatable bonds is 4. The highest BCUT2D eigenvalue weighted by Crippen LogP contribution is 2.31. The molecule has 1 aliphatic rings. The minimum atomic E-state index is -0.528. The fraction of sp³-hybridized carbons (Fsp3) is 0.250. The Morgan fingerprint density at radius 2 is 2.04 bits per heavy atom. The Hall–Kier alpha value is -2.31. The van der Waals surface area contributed by atoms with Gasteiger partial charge in [-0.2, -0.15) is 0 Å². The van der Waals surface area contributed by atoms with Crippen LogP contribution in [-0.4, -0.2) is 33.7 Å². The fourth-order valence-corrected chi connectivity index (χ4v) is 4.00. The van der Waals surface area contributed by atoms with E-state index in [2.05, 4.69) is 10.3 Å². The molecule has 1 atom stereocenters. The van der Waals surface area contributed by atoms with Gasteiger partial charge in [0.2, 0.25) is 11.8 Å². The van der Waals surface area contributed by atoms with Crippen molar-refractivity contribution in [3.63, 3.8) is 0 Å². The van der Waals surface area contributed by atoms with Crippen molar-refractivity contribution in [2.24, 2.45) is 4.99 Å². The zero-order valence-electron chi connectivity index (χ0n) is 15.1. The highest BCUT2D eigenvalue weighted by Gasteiger charge is 2.35. The predicted molar refractivity (Wildman–Crippen MR) is 112 cm³/mol. The number of anilines is 1. The van der Waals surface area contributed by atoms with Crippen LogP contribution in [0.1, 0.15) is 18.9 Å². The zero-order valence-corrected chi connectivity index (χ0v) is 16.7. The van der Waals surface area contributed by atoms with E-state index in [-0.39, 0.29) is 18.2 Å². The summed E-state index contributed by atoms with van der Waals surface area (Å²) in [6.45, 7) is 4.30. The van der Waals surface area contributed by atoms with E-state index in [0.29, 0.717) is 28.1 Å². The minimum Gasteiger partial charge on any atom is -0.325 e. The first-order valence-corrected chi connectivity index (χ1v) is 9.91. The molecule has 7 heteroatoms. The van der Waals surface area contributed by atoms with Crippen LogP contribution in [0.25, 0.3) is 0 Å². The van der Waals surface area contributed by atoms with Gasteiger partial charge in [0.1, 0.15) is 5.25 Å². The van der Waals surface area contributed by atoms with Crippen LogP contribution < -0.4 is 5.32 Å². The van der Waals surface area contributed by atoms with Crippen LogP contribution in [-0.2, 0) is 9.59 Å². The molecule has 0 bridgehead atoms. The third-order valence-electron chi connectivity index (χ3n) is 4.17. The normalized spacial score (nSPS) is 18.6. The quantitative estimate of drug-likeness (QED) is 0.812. The number of nitrogens with zero attached hydrogens (tertiary/aromatic N) is 2. The summed E-state index contributed by atoms with van der Waals surface area (Å²) < 4.78 is 0. The monoisotopic (exact) mass is 401 g/mol. The van der Waals surface area contributed by atoms with Gasteiger partial charge in [0.25, 0.3) is 0 Å². The SMILES string of the molecule is CCN1C(=O)C[C@H](C(=O)Nc2ccccc2)SC1=Nc1ccc(C)c(Cl)c1. The third kappa shape index (κ3) is 4.70. The Bertz CT molecular complexity index is 886. The Balaban J connectivity index is 1.83. The van der Waals surface area contributed by atoms with Gasteiger partial charge in [-0.05, 0) is 43.7 Å². The van der Waals surface area contributed by atoms with Crippen LogP contribution in [0.4, 0.5) is 11.4 Å². The molecule has 0 spiro atoms. The Kier molecular flexibility index (Phi) is 6.19. The van der Waals surface area contributed by atoms with Crippen molar-refractivity contribution in [3.8, 4) is 0 Å². The molecule has 5 nitrogen and oxygen atoms in total. The molecule has 3 rings (SSSR count). The molecule has 1 N–H and O–H groups in total. The van der Waals surface area contributed by atoms with E-state index in [9.17, 15) is 9.59 Å². The smallest absolute Gasteiger partial charge is 0.238 e. The highest BCUT2D eigenvalue weighted by molar-refractivity contribution is 8.15. The highest BCUT2D eigenvalue weighted by atomic mass is 35.5. The molecule has 0 aromatic heterocycles. The third-order valence-corrected chi connectivity index (χ3v) is 5.76. The van der Waals surface area contributed by atoms with Crippen molar-refractivity contribution in [2.75, 3.05) is 11.9 Å². The van der Waals surface area contributed by atoms with Gasteiger partial charge in [-0.3, -0.25) is 14.5 Å². The topological polar surface area (TPSA) is 61.8 Å². The molecule has 2 amide bonds. The minimum absolute atomic E-state index is 0.110.